The summed E-state index contributed by atoms with van der Waals surface area (Å²) in [5.74, 6) is 1.08. The first-order valence-corrected chi connectivity index (χ1v) is 9.43. The number of amides is 1. The Morgan fingerprint density at radius 3 is 3.24 bits per heavy atom. The smallest absolute Gasteiger partial charge is 0.407 e. The third-order valence-corrected chi connectivity index (χ3v) is 5.27. The average Bonchev–Trinajstić information content (AvgIpc) is 3.31. The Balaban J connectivity index is 1.49. The predicted molar refractivity (Wildman–Crippen MR) is 93.1 cm³/mol. The highest BCUT2D eigenvalue weighted by Gasteiger charge is 2.30. The number of nitrogens with one attached hydrogen (secondary N) is 3. The number of aromatic amines is 1. The summed E-state index contributed by atoms with van der Waals surface area (Å²) in [5, 5.41) is 16.2. The van der Waals surface area contributed by atoms with Gasteiger partial charge in [0.2, 0.25) is 0 Å². The summed E-state index contributed by atoms with van der Waals surface area (Å²) in [6.07, 6.45) is 3.03. The van der Waals surface area contributed by atoms with Gasteiger partial charge in [0.05, 0.1) is 12.3 Å². The quantitative estimate of drug-likeness (QED) is 0.665. The summed E-state index contributed by atoms with van der Waals surface area (Å²) in [6, 6.07) is 2.01. The summed E-state index contributed by atoms with van der Waals surface area (Å²) in [5.41, 5.74) is 1.95. The van der Waals surface area contributed by atoms with E-state index >= 15 is 0 Å². The molecule has 0 radical (unpaired) electrons. The number of carbonyl (C=O) groups is 1. The molecule has 6 bridgehead atoms. The maximum Gasteiger partial charge on any atom is 0.407 e. The molecule has 2 atom stereocenters. The molecule has 2 aromatic heterocycles. The van der Waals surface area contributed by atoms with Crippen molar-refractivity contribution >= 4 is 28.4 Å². The summed E-state index contributed by atoms with van der Waals surface area (Å²) in [6.45, 7) is 1.57. The van der Waals surface area contributed by atoms with Crippen molar-refractivity contribution in [3.8, 4) is 0 Å². The van der Waals surface area contributed by atoms with Gasteiger partial charge in [0.1, 0.15) is 6.10 Å². The van der Waals surface area contributed by atoms with Crippen LogP contribution < -0.4 is 10.6 Å². The molecular weight excluding hydrogens is 342 g/mol. The number of thiazole rings is 1. The first-order valence-electron chi connectivity index (χ1n) is 8.55. The van der Waals surface area contributed by atoms with E-state index in [1.165, 1.54) is 11.3 Å². The second-order valence-corrected chi connectivity index (χ2v) is 7.21. The highest BCUT2D eigenvalue weighted by molar-refractivity contribution is 7.13. The van der Waals surface area contributed by atoms with Crippen LogP contribution >= 0.6 is 11.3 Å². The van der Waals surface area contributed by atoms with Crippen molar-refractivity contribution in [2.24, 2.45) is 0 Å². The SMILES string of the molecule is O=C1NCCCOCc2csc(n2)Nc2cc([nH]n2)[C@H]2CC[C@H](C2)O1. The standard InChI is InChI=1S/C16H21N5O3S/c22-16-17-4-1-5-23-8-11-9-25-15(18-11)19-14-7-13(20-21-14)10-2-3-12(6-10)24-16/h7,9-10,12H,1-6,8H2,(H,17,22)(H2,18,19,20,21)/t10-,12+/m0/s1. The van der Waals surface area contributed by atoms with Crippen LogP contribution in [-0.4, -0.2) is 40.5 Å². The normalized spacial score (nSPS) is 24.6. The predicted octanol–water partition coefficient (Wildman–Crippen LogP) is 2.89. The van der Waals surface area contributed by atoms with Crippen molar-refractivity contribution in [2.45, 2.75) is 44.3 Å². The number of ether oxygens (including phenoxy) is 2. The molecule has 0 aromatic carbocycles. The number of hydrogen-bond donors (Lipinski definition) is 3. The monoisotopic (exact) mass is 363 g/mol. The molecule has 2 aliphatic rings. The van der Waals surface area contributed by atoms with Crippen LogP contribution in [-0.2, 0) is 16.1 Å². The lowest BCUT2D eigenvalue weighted by atomic mass is 10.0. The number of alkyl carbamates (subject to hydrolysis) is 1. The van der Waals surface area contributed by atoms with Crippen molar-refractivity contribution in [1.29, 1.82) is 0 Å². The van der Waals surface area contributed by atoms with Gasteiger partial charge >= 0.3 is 6.09 Å². The fourth-order valence-corrected chi connectivity index (χ4v) is 3.92. The van der Waals surface area contributed by atoms with Gasteiger partial charge in [-0.1, -0.05) is 0 Å². The van der Waals surface area contributed by atoms with Crippen LogP contribution in [0.5, 0.6) is 0 Å². The Bertz CT molecular complexity index is 731. The molecule has 9 heteroatoms. The van der Waals surface area contributed by atoms with Crippen LogP contribution in [0, 0.1) is 0 Å². The second-order valence-electron chi connectivity index (χ2n) is 6.35. The van der Waals surface area contributed by atoms with Gasteiger partial charge in [0.25, 0.3) is 0 Å². The van der Waals surface area contributed by atoms with Crippen molar-refractivity contribution in [2.75, 3.05) is 18.5 Å². The maximum atomic E-state index is 11.9. The number of fused-ring (bicyclic) bond motifs is 7. The molecule has 0 spiro atoms. The average molecular weight is 363 g/mol. The number of rotatable bonds is 0. The first-order chi connectivity index (χ1) is 12.3. The Labute approximate surface area is 149 Å². The second kappa shape index (κ2) is 7.40. The van der Waals surface area contributed by atoms with E-state index in [0.717, 1.165) is 48.0 Å². The molecule has 3 N–H and O–H groups in total. The van der Waals surface area contributed by atoms with Crippen LogP contribution in [0.4, 0.5) is 15.7 Å². The van der Waals surface area contributed by atoms with Crippen LogP contribution in [0.25, 0.3) is 0 Å². The highest BCUT2D eigenvalue weighted by atomic mass is 32.1. The van der Waals surface area contributed by atoms with E-state index in [2.05, 4.69) is 25.8 Å². The van der Waals surface area contributed by atoms with Crippen LogP contribution in [0.3, 0.4) is 0 Å². The van der Waals surface area contributed by atoms with Gasteiger partial charge in [-0.25, -0.2) is 9.78 Å². The molecule has 25 heavy (non-hydrogen) atoms. The third kappa shape index (κ3) is 4.10. The molecule has 1 fully saturated rings. The van der Waals surface area contributed by atoms with Gasteiger partial charge in [0.15, 0.2) is 10.9 Å². The summed E-state index contributed by atoms with van der Waals surface area (Å²) >= 11 is 1.53. The van der Waals surface area contributed by atoms with Crippen molar-refractivity contribution in [1.82, 2.24) is 20.5 Å². The highest BCUT2D eigenvalue weighted by Crippen LogP contribution is 2.36. The van der Waals surface area contributed by atoms with Gasteiger partial charge in [-0.2, -0.15) is 5.10 Å². The lowest BCUT2D eigenvalue weighted by Crippen LogP contribution is -2.29. The number of H-pyrrole nitrogens is 1. The van der Waals surface area contributed by atoms with Crippen LogP contribution in [0.2, 0.25) is 0 Å². The number of aromatic nitrogens is 3. The van der Waals surface area contributed by atoms with E-state index in [9.17, 15) is 4.79 Å². The molecule has 1 aliphatic heterocycles. The van der Waals surface area contributed by atoms with E-state index in [-0.39, 0.29) is 12.2 Å². The molecule has 1 saturated carbocycles. The molecule has 0 saturated heterocycles. The van der Waals surface area contributed by atoms with Crippen molar-refractivity contribution in [3.63, 3.8) is 0 Å². The topological polar surface area (TPSA) is 101 Å². The van der Waals surface area contributed by atoms with Crippen molar-refractivity contribution in [3.05, 3.63) is 22.8 Å². The minimum Gasteiger partial charge on any atom is -0.446 e. The number of nitrogens with zero attached hydrogens (tertiary/aromatic N) is 2. The Hall–Kier alpha value is -2.13. The zero-order chi connectivity index (χ0) is 17.1. The van der Waals surface area contributed by atoms with Gasteiger partial charge in [-0.3, -0.25) is 5.10 Å². The minimum absolute atomic E-state index is 0.0404. The van der Waals surface area contributed by atoms with Gasteiger partial charge < -0.3 is 20.1 Å². The van der Waals surface area contributed by atoms with E-state index in [1.54, 1.807) is 0 Å². The first kappa shape index (κ1) is 16.3. The van der Waals surface area contributed by atoms with E-state index in [1.807, 2.05) is 11.4 Å². The van der Waals surface area contributed by atoms with Gasteiger partial charge in [-0.15, -0.1) is 11.3 Å². The van der Waals surface area contributed by atoms with Crippen molar-refractivity contribution < 1.29 is 14.3 Å². The zero-order valence-electron chi connectivity index (χ0n) is 13.8. The molecule has 0 unspecified atom stereocenters. The Morgan fingerprint density at radius 1 is 1.32 bits per heavy atom. The molecule has 3 heterocycles. The number of hydrogen-bond acceptors (Lipinski definition) is 7. The molecule has 1 aliphatic carbocycles. The molecule has 134 valence electrons. The Kier molecular flexibility index (Phi) is 4.84. The van der Waals surface area contributed by atoms with E-state index in [0.29, 0.717) is 25.7 Å². The number of anilines is 2. The minimum atomic E-state index is -0.345. The molecule has 2 aromatic rings. The third-order valence-electron chi connectivity index (χ3n) is 4.47. The summed E-state index contributed by atoms with van der Waals surface area (Å²) < 4.78 is 11.1. The fraction of sp³-hybridized carbons (Fsp3) is 0.562. The Morgan fingerprint density at radius 2 is 2.28 bits per heavy atom. The lowest BCUT2D eigenvalue weighted by Gasteiger charge is -2.13. The zero-order valence-corrected chi connectivity index (χ0v) is 14.6. The summed E-state index contributed by atoms with van der Waals surface area (Å²) in [4.78, 5) is 16.4. The van der Waals surface area contributed by atoms with Crippen LogP contribution in [0.1, 0.15) is 43.0 Å². The largest absolute Gasteiger partial charge is 0.446 e. The van der Waals surface area contributed by atoms with E-state index < -0.39 is 0 Å². The number of carbonyl (C=O) groups excluding carboxylic acids is 1. The lowest BCUT2D eigenvalue weighted by molar-refractivity contribution is 0.0957. The van der Waals surface area contributed by atoms with Gasteiger partial charge in [0, 0.05) is 36.2 Å². The fourth-order valence-electron chi connectivity index (χ4n) is 3.21. The molecule has 1 amide bonds. The van der Waals surface area contributed by atoms with Gasteiger partial charge in [-0.05, 0) is 25.7 Å². The molecule has 4 rings (SSSR count). The summed E-state index contributed by atoms with van der Waals surface area (Å²) in [7, 11) is 0. The van der Waals surface area contributed by atoms with E-state index in [4.69, 9.17) is 9.47 Å². The molecule has 8 nitrogen and oxygen atoms in total. The molecular formula is C16H21N5O3S. The van der Waals surface area contributed by atoms with Crippen LogP contribution in [0.15, 0.2) is 11.4 Å². The maximum absolute atomic E-state index is 11.9.